The minimum atomic E-state index is -4.26. The third kappa shape index (κ3) is 8.00. The lowest BCUT2D eigenvalue weighted by Gasteiger charge is -2.33. The molecule has 43 heavy (non-hydrogen) atoms. The number of carbonyl (C=O) groups excluding carboxylic acids is 2. The van der Waals surface area contributed by atoms with Crippen molar-refractivity contribution in [3.8, 4) is 11.5 Å². The van der Waals surface area contributed by atoms with Crippen LogP contribution in [0.3, 0.4) is 0 Å². The summed E-state index contributed by atoms with van der Waals surface area (Å²) in [6.07, 6.45) is 3.87. The van der Waals surface area contributed by atoms with Crippen LogP contribution >= 0.6 is 11.6 Å². The van der Waals surface area contributed by atoms with Gasteiger partial charge in [-0.15, -0.1) is 0 Å². The maximum atomic E-state index is 14.2. The molecule has 0 saturated heterocycles. The number of amides is 2. The van der Waals surface area contributed by atoms with Gasteiger partial charge in [-0.05, 0) is 80.8 Å². The molecule has 1 aliphatic rings. The molecule has 1 atom stereocenters. The molecule has 3 aromatic carbocycles. The van der Waals surface area contributed by atoms with E-state index in [0.29, 0.717) is 23.1 Å². The van der Waals surface area contributed by atoms with E-state index >= 15 is 0 Å². The van der Waals surface area contributed by atoms with E-state index in [2.05, 4.69) is 5.32 Å². The SMILES string of the molecule is CCOc1ccccc1N(CC(=O)N(Cc1cccc(OC)c1)[C@@H](C)C(=O)NC1CCCC1)S(=O)(=O)c1ccc(Cl)cc1. The highest BCUT2D eigenvalue weighted by Gasteiger charge is 2.34. The molecule has 0 heterocycles. The van der Waals surface area contributed by atoms with Gasteiger partial charge in [-0.1, -0.05) is 48.7 Å². The first-order valence-corrected chi connectivity index (χ1v) is 16.2. The first-order chi connectivity index (χ1) is 20.6. The van der Waals surface area contributed by atoms with Gasteiger partial charge >= 0.3 is 0 Å². The van der Waals surface area contributed by atoms with Crippen molar-refractivity contribution in [1.82, 2.24) is 10.2 Å². The van der Waals surface area contributed by atoms with Crippen molar-refractivity contribution >= 4 is 39.1 Å². The zero-order valence-electron chi connectivity index (χ0n) is 24.7. The van der Waals surface area contributed by atoms with Gasteiger partial charge in [-0.3, -0.25) is 13.9 Å². The van der Waals surface area contributed by atoms with Gasteiger partial charge in [-0.2, -0.15) is 0 Å². The summed E-state index contributed by atoms with van der Waals surface area (Å²) < 4.78 is 40.3. The van der Waals surface area contributed by atoms with Gasteiger partial charge in [0, 0.05) is 17.6 Å². The van der Waals surface area contributed by atoms with Crippen LogP contribution in [-0.4, -0.2) is 57.5 Å². The number of rotatable bonds is 13. The van der Waals surface area contributed by atoms with Gasteiger partial charge in [0.1, 0.15) is 24.1 Å². The standard InChI is InChI=1S/C32H38ClN3O6S/c1-4-42-30-15-8-7-14-29(30)36(43(39,40)28-18-16-25(33)17-19-28)22-31(37)35(21-24-10-9-13-27(20-24)41-3)23(2)32(38)34-26-11-5-6-12-26/h7-10,13-20,23,26H,4-6,11-12,21-22H2,1-3H3,(H,34,38)/t23-/m0/s1. The van der Waals surface area contributed by atoms with Gasteiger partial charge < -0.3 is 19.7 Å². The summed E-state index contributed by atoms with van der Waals surface area (Å²) in [5.41, 5.74) is 0.937. The van der Waals surface area contributed by atoms with Crippen LogP contribution in [0.5, 0.6) is 11.5 Å². The molecule has 0 aromatic heterocycles. The predicted molar refractivity (Wildman–Crippen MR) is 167 cm³/mol. The summed E-state index contributed by atoms with van der Waals surface area (Å²) in [4.78, 5) is 29.0. The van der Waals surface area contributed by atoms with Crippen molar-refractivity contribution in [3.63, 3.8) is 0 Å². The van der Waals surface area contributed by atoms with Crippen molar-refractivity contribution in [2.24, 2.45) is 0 Å². The van der Waals surface area contributed by atoms with E-state index in [-0.39, 0.29) is 29.1 Å². The molecule has 0 aliphatic heterocycles. The zero-order valence-corrected chi connectivity index (χ0v) is 26.2. The second-order valence-corrected chi connectivity index (χ2v) is 12.7. The maximum Gasteiger partial charge on any atom is 0.264 e. The molecule has 0 unspecified atom stereocenters. The van der Waals surface area contributed by atoms with Crippen molar-refractivity contribution in [2.45, 2.75) is 63.1 Å². The summed E-state index contributed by atoms with van der Waals surface area (Å²) in [5.74, 6) is 0.0676. The normalized spacial score (nSPS) is 14.1. The largest absolute Gasteiger partial charge is 0.497 e. The number of sulfonamides is 1. The fraction of sp³-hybridized carbons (Fsp3) is 0.375. The molecule has 1 saturated carbocycles. The van der Waals surface area contributed by atoms with Crippen molar-refractivity contribution < 1.29 is 27.5 Å². The molecule has 4 rings (SSSR count). The van der Waals surface area contributed by atoms with Crippen molar-refractivity contribution in [3.05, 3.63) is 83.4 Å². The number of hydrogen-bond donors (Lipinski definition) is 1. The van der Waals surface area contributed by atoms with Crippen LogP contribution in [0.15, 0.2) is 77.7 Å². The minimum absolute atomic E-state index is 0.0395. The van der Waals surface area contributed by atoms with E-state index < -0.39 is 28.5 Å². The Bertz CT molecular complexity index is 1510. The number of benzene rings is 3. The number of hydrogen-bond acceptors (Lipinski definition) is 6. The topological polar surface area (TPSA) is 105 Å². The van der Waals surface area contributed by atoms with E-state index in [1.807, 2.05) is 6.07 Å². The van der Waals surface area contributed by atoms with Gasteiger partial charge in [0.2, 0.25) is 11.8 Å². The Hall–Kier alpha value is -3.76. The maximum absolute atomic E-state index is 14.2. The molecule has 230 valence electrons. The average Bonchev–Trinajstić information content (AvgIpc) is 3.52. The van der Waals surface area contributed by atoms with Crippen LogP contribution in [-0.2, 0) is 26.2 Å². The fourth-order valence-corrected chi connectivity index (χ4v) is 6.68. The highest BCUT2D eigenvalue weighted by molar-refractivity contribution is 7.92. The summed E-state index contributed by atoms with van der Waals surface area (Å²) in [7, 11) is -2.71. The Morgan fingerprint density at radius 1 is 1.02 bits per heavy atom. The van der Waals surface area contributed by atoms with Crippen molar-refractivity contribution in [1.29, 1.82) is 0 Å². The van der Waals surface area contributed by atoms with Crippen LogP contribution in [0.2, 0.25) is 5.02 Å². The molecule has 0 bridgehead atoms. The first kappa shape index (κ1) is 32.2. The minimum Gasteiger partial charge on any atom is -0.497 e. The highest BCUT2D eigenvalue weighted by Crippen LogP contribution is 2.33. The summed E-state index contributed by atoms with van der Waals surface area (Å²) in [6, 6.07) is 18.8. The molecule has 2 amide bonds. The summed E-state index contributed by atoms with van der Waals surface area (Å²) in [5, 5.41) is 3.45. The first-order valence-electron chi connectivity index (χ1n) is 14.4. The Morgan fingerprint density at radius 3 is 2.40 bits per heavy atom. The molecule has 3 aromatic rings. The molecule has 0 radical (unpaired) electrons. The number of para-hydroxylation sites is 2. The number of methoxy groups -OCH3 is 1. The van der Waals surface area contributed by atoms with Crippen LogP contribution in [0.4, 0.5) is 5.69 Å². The van der Waals surface area contributed by atoms with Gasteiger partial charge in [0.25, 0.3) is 10.0 Å². The molecule has 0 spiro atoms. The van der Waals surface area contributed by atoms with Crippen molar-refractivity contribution in [2.75, 3.05) is 24.6 Å². The van der Waals surface area contributed by atoms with Crippen LogP contribution in [0, 0.1) is 0 Å². The Kier molecular flexibility index (Phi) is 10.9. The Balaban J connectivity index is 1.73. The van der Waals surface area contributed by atoms with E-state index in [0.717, 1.165) is 35.6 Å². The monoisotopic (exact) mass is 627 g/mol. The molecule has 1 N–H and O–H groups in total. The second-order valence-electron chi connectivity index (χ2n) is 10.4. The number of halogens is 1. The highest BCUT2D eigenvalue weighted by atomic mass is 35.5. The predicted octanol–water partition coefficient (Wildman–Crippen LogP) is 5.42. The lowest BCUT2D eigenvalue weighted by Crippen LogP contribution is -2.52. The number of nitrogens with one attached hydrogen (secondary N) is 1. The van der Waals surface area contributed by atoms with E-state index in [9.17, 15) is 18.0 Å². The van der Waals surface area contributed by atoms with Gasteiger partial charge in [0.05, 0.1) is 24.3 Å². The summed E-state index contributed by atoms with van der Waals surface area (Å²) in [6.45, 7) is 3.24. The van der Waals surface area contributed by atoms with Gasteiger partial charge in [-0.25, -0.2) is 8.42 Å². The fourth-order valence-electron chi connectivity index (χ4n) is 5.13. The molecule has 9 nitrogen and oxygen atoms in total. The Morgan fingerprint density at radius 2 is 1.72 bits per heavy atom. The van der Waals surface area contributed by atoms with E-state index in [4.69, 9.17) is 21.1 Å². The smallest absolute Gasteiger partial charge is 0.264 e. The number of ether oxygens (including phenoxy) is 2. The van der Waals surface area contributed by atoms with Crippen LogP contribution < -0.4 is 19.1 Å². The number of carbonyl (C=O) groups is 2. The van der Waals surface area contributed by atoms with Crippen LogP contribution in [0.25, 0.3) is 0 Å². The lowest BCUT2D eigenvalue weighted by molar-refractivity contribution is -0.139. The van der Waals surface area contributed by atoms with Gasteiger partial charge in [0.15, 0.2) is 0 Å². The molecular weight excluding hydrogens is 590 g/mol. The number of anilines is 1. The number of nitrogens with zero attached hydrogens (tertiary/aromatic N) is 2. The van der Waals surface area contributed by atoms with E-state index in [1.54, 1.807) is 63.4 Å². The average molecular weight is 628 g/mol. The molecule has 11 heteroatoms. The second kappa shape index (κ2) is 14.6. The summed E-state index contributed by atoms with van der Waals surface area (Å²) >= 11 is 6.04. The Labute approximate surface area is 258 Å². The lowest BCUT2D eigenvalue weighted by atomic mass is 10.1. The van der Waals surface area contributed by atoms with E-state index in [1.165, 1.54) is 29.2 Å². The zero-order chi connectivity index (χ0) is 31.0. The molecule has 1 fully saturated rings. The third-order valence-electron chi connectivity index (χ3n) is 7.47. The quantitative estimate of drug-likeness (QED) is 0.271. The van der Waals surface area contributed by atoms with Crippen LogP contribution in [0.1, 0.15) is 45.1 Å². The molecular formula is C32H38ClN3O6S. The third-order valence-corrected chi connectivity index (χ3v) is 9.50. The molecule has 1 aliphatic carbocycles.